The molecule has 9 heteroatoms. The van der Waals surface area contributed by atoms with Crippen molar-refractivity contribution in [2.24, 2.45) is 0 Å². The van der Waals surface area contributed by atoms with Crippen molar-refractivity contribution in [3.63, 3.8) is 0 Å². The lowest BCUT2D eigenvalue weighted by Gasteiger charge is -2.03. The molecule has 0 unspecified atom stereocenters. The van der Waals surface area contributed by atoms with Gasteiger partial charge in [0.1, 0.15) is 5.75 Å². The van der Waals surface area contributed by atoms with E-state index in [4.69, 9.17) is 33.0 Å². The third kappa shape index (κ3) is 4.46. The predicted molar refractivity (Wildman–Crippen MR) is 91.9 cm³/mol. The molecule has 25 heavy (non-hydrogen) atoms. The van der Waals surface area contributed by atoms with Gasteiger partial charge in [0, 0.05) is 15.6 Å². The van der Waals surface area contributed by atoms with Crippen LogP contribution < -0.4 is 4.74 Å². The highest BCUT2D eigenvalue weighted by Crippen LogP contribution is 2.22. The number of carboxylic acids is 1. The van der Waals surface area contributed by atoms with E-state index in [0.29, 0.717) is 28.2 Å². The second-order valence-corrected chi connectivity index (χ2v) is 5.93. The molecule has 7 nitrogen and oxygen atoms in total. The molecular weight excluding hydrogens is 367 g/mol. The fraction of sp³-hybridized carbons (Fsp3) is 0.125. The molecule has 0 aliphatic carbocycles. The van der Waals surface area contributed by atoms with E-state index in [0.717, 1.165) is 11.1 Å². The highest BCUT2D eigenvalue weighted by atomic mass is 35.5. The SMILES string of the molecule is O=C(O)COc1ccc(-c2nnn(Cc3ccc(Cl)cc3Cl)n2)cc1. The first-order valence-electron chi connectivity index (χ1n) is 7.18. The van der Waals surface area contributed by atoms with Crippen LogP contribution >= 0.6 is 23.2 Å². The van der Waals surface area contributed by atoms with E-state index in [1.54, 1.807) is 36.4 Å². The smallest absolute Gasteiger partial charge is 0.341 e. The monoisotopic (exact) mass is 378 g/mol. The lowest BCUT2D eigenvalue weighted by atomic mass is 10.2. The standard InChI is InChI=1S/C16H12Cl2N4O3/c17-12-4-1-11(14(18)7-12)8-22-20-16(19-21-22)10-2-5-13(6-3-10)25-9-15(23)24/h1-7H,8-9H2,(H,23,24). The zero-order valence-electron chi connectivity index (χ0n) is 12.8. The average Bonchev–Trinajstić information content (AvgIpc) is 3.04. The van der Waals surface area contributed by atoms with Crippen LogP contribution in [0.4, 0.5) is 0 Å². The van der Waals surface area contributed by atoms with Gasteiger partial charge in [0.05, 0.1) is 6.54 Å². The minimum absolute atomic E-state index is 0.364. The Bertz CT molecular complexity index is 897. The van der Waals surface area contributed by atoms with E-state index in [1.165, 1.54) is 4.80 Å². The molecule has 1 heterocycles. The fourth-order valence-electron chi connectivity index (χ4n) is 2.07. The zero-order chi connectivity index (χ0) is 17.8. The first kappa shape index (κ1) is 17.2. The van der Waals surface area contributed by atoms with Crippen LogP contribution in [0.1, 0.15) is 5.56 Å². The lowest BCUT2D eigenvalue weighted by molar-refractivity contribution is -0.139. The van der Waals surface area contributed by atoms with Crippen molar-refractivity contribution in [3.05, 3.63) is 58.1 Å². The zero-order valence-corrected chi connectivity index (χ0v) is 14.3. The van der Waals surface area contributed by atoms with Crippen LogP contribution in [0, 0.1) is 0 Å². The number of halogens is 2. The number of benzene rings is 2. The molecule has 0 aliphatic rings. The molecular formula is C16H12Cl2N4O3. The first-order chi connectivity index (χ1) is 12.0. The molecule has 128 valence electrons. The molecule has 1 N–H and O–H groups in total. The molecule has 0 atom stereocenters. The predicted octanol–water partition coefficient (Wildman–Crippen LogP) is 3.16. The number of hydrogen-bond donors (Lipinski definition) is 1. The number of ether oxygens (including phenoxy) is 1. The van der Waals surface area contributed by atoms with E-state index in [-0.39, 0.29) is 0 Å². The Morgan fingerprint density at radius 1 is 1.16 bits per heavy atom. The largest absolute Gasteiger partial charge is 0.482 e. The van der Waals surface area contributed by atoms with Gasteiger partial charge < -0.3 is 9.84 Å². The number of nitrogens with zero attached hydrogens (tertiary/aromatic N) is 4. The molecule has 0 fully saturated rings. The first-order valence-corrected chi connectivity index (χ1v) is 7.93. The normalized spacial score (nSPS) is 10.6. The summed E-state index contributed by atoms with van der Waals surface area (Å²) in [5.74, 6) is -0.143. The Kier molecular flexibility index (Phi) is 5.16. The second kappa shape index (κ2) is 7.50. The van der Waals surface area contributed by atoms with Crippen molar-refractivity contribution < 1.29 is 14.6 Å². The third-order valence-corrected chi connectivity index (χ3v) is 3.84. The van der Waals surface area contributed by atoms with Crippen molar-refractivity contribution in [2.45, 2.75) is 6.54 Å². The van der Waals surface area contributed by atoms with Gasteiger partial charge in [0.15, 0.2) is 6.61 Å². The van der Waals surface area contributed by atoms with Crippen molar-refractivity contribution in [2.75, 3.05) is 6.61 Å². The van der Waals surface area contributed by atoms with E-state index in [2.05, 4.69) is 15.4 Å². The van der Waals surface area contributed by atoms with Crippen LogP contribution in [0.5, 0.6) is 5.75 Å². The van der Waals surface area contributed by atoms with E-state index in [1.807, 2.05) is 6.07 Å². The number of hydrogen-bond acceptors (Lipinski definition) is 5. The van der Waals surface area contributed by atoms with Crippen molar-refractivity contribution >= 4 is 29.2 Å². The third-order valence-electron chi connectivity index (χ3n) is 3.25. The molecule has 0 bridgehead atoms. The van der Waals surface area contributed by atoms with E-state index >= 15 is 0 Å². The molecule has 0 saturated heterocycles. The van der Waals surface area contributed by atoms with Crippen molar-refractivity contribution in [3.8, 4) is 17.1 Å². The Labute approximate surface area is 152 Å². The van der Waals surface area contributed by atoms with Gasteiger partial charge >= 0.3 is 5.97 Å². The van der Waals surface area contributed by atoms with Crippen LogP contribution in [-0.4, -0.2) is 37.9 Å². The lowest BCUT2D eigenvalue weighted by Crippen LogP contribution is -2.09. The van der Waals surface area contributed by atoms with Crippen LogP contribution in [0.25, 0.3) is 11.4 Å². The second-order valence-electron chi connectivity index (χ2n) is 5.09. The van der Waals surface area contributed by atoms with Gasteiger partial charge in [-0.3, -0.25) is 0 Å². The Morgan fingerprint density at radius 2 is 1.92 bits per heavy atom. The Morgan fingerprint density at radius 3 is 2.60 bits per heavy atom. The summed E-state index contributed by atoms with van der Waals surface area (Å²) in [6.07, 6.45) is 0. The highest BCUT2D eigenvalue weighted by molar-refractivity contribution is 6.35. The van der Waals surface area contributed by atoms with Gasteiger partial charge in [-0.15, -0.1) is 10.2 Å². The minimum Gasteiger partial charge on any atom is -0.482 e. The van der Waals surface area contributed by atoms with Gasteiger partial charge in [-0.1, -0.05) is 29.3 Å². The molecule has 0 spiro atoms. The summed E-state index contributed by atoms with van der Waals surface area (Å²) in [7, 11) is 0. The van der Waals surface area contributed by atoms with Crippen LogP contribution in [0.2, 0.25) is 10.0 Å². The van der Waals surface area contributed by atoms with Crippen molar-refractivity contribution in [1.29, 1.82) is 0 Å². The van der Waals surface area contributed by atoms with Crippen LogP contribution in [-0.2, 0) is 11.3 Å². The number of rotatable bonds is 6. The fourth-order valence-corrected chi connectivity index (χ4v) is 2.54. The summed E-state index contributed by atoms with van der Waals surface area (Å²) in [5.41, 5.74) is 1.56. The average molecular weight is 379 g/mol. The van der Waals surface area contributed by atoms with Gasteiger partial charge in [-0.25, -0.2) is 4.79 Å². The molecule has 0 radical (unpaired) electrons. The molecule has 3 aromatic rings. The number of tetrazole rings is 1. The summed E-state index contributed by atoms with van der Waals surface area (Å²) < 4.78 is 5.08. The summed E-state index contributed by atoms with van der Waals surface area (Å²) in [4.78, 5) is 11.9. The number of carboxylic acid groups (broad SMARTS) is 1. The van der Waals surface area contributed by atoms with E-state index in [9.17, 15) is 4.79 Å². The van der Waals surface area contributed by atoms with Crippen molar-refractivity contribution in [1.82, 2.24) is 20.2 Å². The summed E-state index contributed by atoms with van der Waals surface area (Å²) in [5, 5.41) is 22.0. The Balaban J connectivity index is 1.71. The molecule has 1 aromatic heterocycles. The number of aromatic nitrogens is 4. The van der Waals surface area contributed by atoms with Gasteiger partial charge in [0.2, 0.25) is 5.82 Å². The maximum atomic E-state index is 10.5. The summed E-state index contributed by atoms with van der Waals surface area (Å²) in [6.45, 7) is -0.0293. The molecule has 0 saturated carbocycles. The summed E-state index contributed by atoms with van der Waals surface area (Å²) in [6, 6.07) is 12.0. The van der Waals surface area contributed by atoms with Crippen LogP contribution in [0.3, 0.4) is 0 Å². The van der Waals surface area contributed by atoms with Crippen LogP contribution in [0.15, 0.2) is 42.5 Å². The van der Waals surface area contributed by atoms with E-state index < -0.39 is 12.6 Å². The quantitative estimate of drug-likeness (QED) is 0.708. The maximum absolute atomic E-state index is 10.5. The number of aliphatic carboxylic acids is 1. The highest BCUT2D eigenvalue weighted by Gasteiger charge is 2.09. The van der Waals surface area contributed by atoms with Gasteiger partial charge in [-0.05, 0) is 47.2 Å². The Hall–Kier alpha value is -2.64. The molecule has 3 rings (SSSR count). The molecule has 0 amide bonds. The minimum atomic E-state index is -1.03. The number of carbonyl (C=O) groups is 1. The maximum Gasteiger partial charge on any atom is 0.341 e. The topological polar surface area (TPSA) is 90.1 Å². The van der Waals surface area contributed by atoms with Gasteiger partial charge in [0.25, 0.3) is 0 Å². The molecule has 2 aromatic carbocycles. The molecule has 0 aliphatic heterocycles. The summed E-state index contributed by atoms with van der Waals surface area (Å²) >= 11 is 12.0. The van der Waals surface area contributed by atoms with Gasteiger partial charge in [-0.2, -0.15) is 4.80 Å².